The van der Waals surface area contributed by atoms with Crippen molar-refractivity contribution in [3.63, 3.8) is 0 Å². The predicted octanol–water partition coefficient (Wildman–Crippen LogP) is -0.311. The SMILES string of the molecule is CCOC(=O)CON1CC1C#N. The van der Waals surface area contributed by atoms with Gasteiger partial charge in [0.25, 0.3) is 0 Å². The van der Waals surface area contributed by atoms with E-state index < -0.39 is 5.97 Å². The first kappa shape index (κ1) is 8.97. The predicted molar refractivity (Wildman–Crippen MR) is 38.7 cm³/mol. The molecule has 0 aromatic carbocycles. The molecule has 1 aliphatic rings. The maximum Gasteiger partial charge on any atom is 0.334 e. The molecule has 12 heavy (non-hydrogen) atoms. The summed E-state index contributed by atoms with van der Waals surface area (Å²) >= 11 is 0. The Bertz CT molecular complexity index is 211. The molecule has 0 spiro atoms. The summed E-state index contributed by atoms with van der Waals surface area (Å²) in [6.07, 6.45) is 0. The maximum absolute atomic E-state index is 10.7. The summed E-state index contributed by atoms with van der Waals surface area (Å²) in [5.41, 5.74) is 0. The van der Waals surface area contributed by atoms with E-state index in [9.17, 15) is 4.79 Å². The molecule has 1 fully saturated rings. The van der Waals surface area contributed by atoms with Gasteiger partial charge in [-0.3, -0.25) is 4.84 Å². The van der Waals surface area contributed by atoms with Gasteiger partial charge in [-0.15, -0.1) is 0 Å². The molecule has 0 saturated carbocycles. The molecule has 0 amide bonds. The number of hydrogen-bond acceptors (Lipinski definition) is 5. The lowest BCUT2D eigenvalue weighted by Gasteiger charge is -2.02. The van der Waals surface area contributed by atoms with E-state index >= 15 is 0 Å². The molecule has 0 N–H and O–H groups in total. The lowest BCUT2D eigenvalue weighted by molar-refractivity contribution is -0.160. The Kier molecular flexibility index (Phi) is 3.02. The number of esters is 1. The van der Waals surface area contributed by atoms with Gasteiger partial charge in [-0.1, -0.05) is 0 Å². The Hall–Kier alpha value is -1.12. The number of rotatable bonds is 4. The smallest absolute Gasteiger partial charge is 0.334 e. The van der Waals surface area contributed by atoms with Crippen molar-refractivity contribution in [3.8, 4) is 6.07 Å². The maximum atomic E-state index is 10.7. The van der Waals surface area contributed by atoms with Gasteiger partial charge in [0, 0.05) is 0 Å². The monoisotopic (exact) mass is 170 g/mol. The molecule has 1 saturated heterocycles. The van der Waals surface area contributed by atoms with Gasteiger partial charge in [0.2, 0.25) is 0 Å². The third kappa shape index (κ3) is 2.49. The summed E-state index contributed by atoms with van der Waals surface area (Å²) < 4.78 is 4.62. The van der Waals surface area contributed by atoms with Crippen molar-refractivity contribution in [1.82, 2.24) is 5.06 Å². The standard InChI is InChI=1S/C7H10N2O3/c1-2-11-7(10)5-12-9-4-6(9)3-8/h6H,2,4-5H2,1H3. The van der Waals surface area contributed by atoms with Crippen LogP contribution in [-0.2, 0) is 14.4 Å². The number of carbonyl (C=O) groups excluding carboxylic acids is 1. The van der Waals surface area contributed by atoms with E-state index in [1.165, 1.54) is 5.06 Å². The molecule has 66 valence electrons. The second-order valence-corrected chi connectivity index (χ2v) is 2.32. The van der Waals surface area contributed by atoms with Gasteiger partial charge in [0.1, 0.15) is 6.04 Å². The highest BCUT2D eigenvalue weighted by molar-refractivity contribution is 5.70. The lowest BCUT2D eigenvalue weighted by atomic mass is 10.6. The minimum absolute atomic E-state index is 0.105. The van der Waals surface area contributed by atoms with E-state index in [0.717, 1.165) is 0 Å². The third-order valence-corrected chi connectivity index (χ3v) is 1.37. The van der Waals surface area contributed by atoms with Crippen molar-refractivity contribution in [2.75, 3.05) is 19.8 Å². The van der Waals surface area contributed by atoms with E-state index in [1.807, 2.05) is 6.07 Å². The zero-order chi connectivity index (χ0) is 8.97. The molecule has 1 aliphatic heterocycles. The lowest BCUT2D eigenvalue weighted by Crippen LogP contribution is -2.15. The molecule has 1 heterocycles. The highest BCUT2D eigenvalue weighted by atomic mass is 16.7. The van der Waals surface area contributed by atoms with Crippen molar-refractivity contribution < 1.29 is 14.4 Å². The second kappa shape index (κ2) is 4.04. The minimum Gasteiger partial charge on any atom is -0.464 e. The van der Waals surface area contributed by atoms with Gasteiger partial charge in [0.15, 0.2) is 6.61 Å². The minimum atomic E-state index is -0.402. The molecule has 0 aromatic rings. The fourth-order valence-electron chi connectivity index (χ4n) is 0.709. The molecule has 2 atom stereocenters. The van der Waals surface area contributed by atoms with Crippen molar-refractivity contribution in [3.05, 3.63) is 0 Å². The number of nitrogens with zero attached hydrogens (tertiary/aromatic N) is 2. The molecular weight excluding hydrogens is 160 g/mol. The molecule has 2 unspecified atom stereocenters. The second-order valence-electron chi connectivity index (χ2n) is 2.32. The molecule has 1 rings (SSSR count). The van der Waals surface area contributed by atoms with Crippen LogP contribution in [0.5, 0.6) is 0 Å². The molecule has 0 bridgehead atoms. The van der Waals surface area contributed by atoms with Gasteiger partial charge >= 0.3 is 5.97 Å². The highest BCUT2D eigenvalue weighted by Gasteiger charge is 2.36. The average Bonchev–Trinajstić information content (AvgIpc) is 2.80. The van der Waals surface area contributed by atoms with Crippen LogP contribution < -0.4 is 0 Å². The van der Waals surface area contributed by atoms with Gasteiger partial charge < -0.3 is 4.74 Å². The Balaban J connectivity index is 2.04. The van der Waals surface area contributed by atoms with Crippen molar-refractivity contribution >= 4 is 5.97 Å². The highest BCUT2D eigenvalue weighted by Crippen LogP contribution is 2.15. The Morgan fingerprint density at radius 1 is 1.83 bits per heavy atom. The first-order valence-electron chi connectivity index (χ1n) is 3.72. The molecular formula is C7H10N2O3. The van der Waals surface area contributed by atoms with Crippen molar-refractivity contribution in [1.29, 1.82) is 5.26 Å². The van der Waals surface area contributed by atoms with E-state index in [2.05, 4.69) is 4.74 Å². The summed E-state index contributed by atoms with van der Waals surface area (Å²) in [4.78, 5) is 15.6. The molecule has 5 heteroatoms. The molecule has 0 radical (unpaired) electrons. The Morgan fingerprint density at radius 3 is 3.08 bits per heavy atom. The van der Waals surface area contributed by atoms with Crippen LogP contribution in [-0.4, -0.2) is 36.8 Å². The number of carbonyl (C=O) groups is 1. The zero-order valence-corrected chi connectivity index (χ0v) is 6.82. The van der Waals surface area contributed by atoms with Crippen LogP contribution in [0.1, 0.15) is 6.92 Å². The van der Waals surface area contributed by atoms with Crippen LogP contribution in [0.25, 0.3) is 0 Å². The molecule has 0 aliphatic carbocycles. The van der Waals surface area contributed by atoms with Crippen LogP contribution in [0.4, 0.5) is 0 Å². The summed E-state index contributed by atoms with van der Waals surface area (Å²) in [5, 5.41) is 9.80. The van der Waals surface area contributed by atoms with Gasteiger partial charge in [-0.05, 0) is 6.92 Å². The third-order valence-electron chi connectivity index (χ3n) is 1.37. The van der Waals surface area contributed by atoms with Crippen molar-refractivity contribution in [2.45, 2.75) is 13.0 Å². The van der Waals surface area contributed by atoms with E-state index in [4.69, 9.17) is 10.1 Å². The van der Waals surface area contributed by atoms with E-state index in [0.29, 0.717) is 13.2 Å². The number of nitriles is 1. The van der Waals surface area contributed by atoms with Crippen LogP contribution in [0.2, 0.25) is 0 Å². The average molecular weight is 170 g/mol. The number of hydrogen-bond donors (Lipinski definition) is 0. The summed E-state index contributed by atoms with van der Waals surface area (Å²) in [7, 11) is 0. The van der Waals surface area contributed by atoms with Gasteiger partial charge in [-0.2, -0.15) is 10.3 Å². The number of hydroxylamine groups is 2. The number of ether oxygens (including phenoxy) is 1. The van der Waals surface area contributed by atoms with E-state index in [1.54, 1.807) is 6.92 Å². The fraction of sp³-hybridized carbons (Fsp3) is 0.714. The zero-order valence-electron chi connectivity index (χ0n) is 6.82. The normalized spacial score (nSPS) is 26.0. The Morgan fingerprint density at radius 2 is 2.58 bits per heavy atom. The van der Waals surface area contributed by atoms with E-state index in [-0.39, 0.29) is 12.6 Å². The largest absolute Gasteiger partial charge is 0.464 e. The van der Waals surface area contributed by atoms with Crippen LogP contribution in [0.15, 0.2) is 0 Å². The molecule has 5 nitrogen and oxygen atoms in total. The summed E-state index contributed by atoms with van der Waals surface area (Å²) in [6, 6.07) is 1.81. The topological polar surface area (TPSA) is 62.3 Å². The van der Waals surface area contributed by atoms with Crippen LogP contribution in [0.3, 0.4) is 0 Å². The van der Waals surface area contributed by atoms with Crippen LogP contribution >= 0.6 is 0 Å². The van der Waals surface area contributed by atoms with Crippen molar-refractivity contribution in [2.24, 2.45) is 0 Å². The molecule has 0 aromatic heterocycles. The van der Waals surface area contributed by atoms with Gasteiger partial charge in [-0.25, -0.2) is 4.79 Å². The first-order chi connectivity index (χ1) is 5.77. The Labute approximate surface area is 70.4 Å². The summed E-state index contributed by atoms with van der Waals surface area (Å²) in [6.45, 7) is 2.55. The fourth-order valence-corrected chi connectivity index (χ4v) is 0.709. The summed E-state index contributed by atoms with van der Waals surface area (Å²) in [5.74, 6) is -0.402. The van der Waals surface area contributed by atoms with Crippen LogP contribution in [0, 0.1) is 11.3 Å². The quantitative estimate of drug-likeness (QED) is 0.427. The van der Waals surface area contributed by atoms with Gasteiger partial charge in [0.05, 0.1) is 19.2 Å². The first-order valence-corrected chi connectivity index (χ1v) is 3.72.